The average molecular weight is 657 g/mol. The lowest BCUT2D eigenvalue weighted by Gasteiger charge is -2.15. The van der Waals surface area contributed by atoms with Gasteiger partial charge in [-0.1, -0.05) is 74.5 Å². The second-order valence-corrected chi connectivity index (χ2v) is 11.1. The van der Waals surface area contributed by atoms with Crippen LogP contribution < -0.4 is 0 Å². The summed E-state index contributed by atoms with van der Waals surface area (Å²) in [7, 11) is 1.30. The van der Waals surface area contributed by atoms with E-state index in [0.29, 0.717) is 24.7 Å². The molecule has 0 saturated heterocycles. The van der Waals surface area contributed by atoms with Gasteiger partial charge in [0.1, 0.15) is 11.9 Å². The van der Waals surface area contributed by atoms with Crippen molar-refractivity contribution < 1.29 is 26.7 Å². The molecule has 0 amide bonds. The van der Waals surface area contributed by atoms with Crippen LogP contribution in [0.1, 0.15) is 87.7 Å². The number of allylic oxidation sites excluding steroid dienone is 4. The van der Waals surface area contributed by atoms with E-state index in [1.54, 1.807) is 13.8 Å². The maximum atomic E-state index is 13.5. The minimum atomic E-state index is -4.51. The van der Waals surface area contributed by atoms with Gasteiger partial charge in [0, 0.05) is 21.6 Å². The normalized spacial score (nSPS) is 18.3. The highest BCUT2D eigenvalue weighted by atomic mass is 79.9. The fourth-order valence-electron chi connectivity index (χ4n) is 4.22. The largest absolute Gasteiger partial charge is 0.497 e. The van der Waals surface area contributed by atoms with Crippen LogP contribution in [0.2, 0.25) is 0 Å². The van der Waals surface area contributed by atoms with Crippen molar-refractivity contribution in [2.45, 2.75) is 86.0 Å². The minimum absolute atomic E-state index is 0.0275. The van der Waals surface area contributed by atoms with E-state index in [2.05, 4.69) is 66.1 Å². The fraction of sp³-hybridized carbons (Fsp3) is 0.441. The smallest absolute Gasteiger partial charge is 0.434 e. The Morgan fingerprint density at radius 2 is 1.81 bits per heavy atom. The van der Waals surface area contributed by atoms with Gasteiger partial charge in [0.2, 0.25) is 0 Å². The summed E-state index contributed by atoms with van der Waals surface area (Å²) in [5.74, 6) is -0.0275. The molecule has 2 nitrogen and oxygen atoms in total. The highest BCUT2D eigenvalue weighted by Gasteiger charge is 2.50. The molecule has 8 heteroatoms. The molecule has 4 rings (SSSR count). The quantitative estimate of drug-likeness (QED) is 0.175. The standard InChI is InChI=1S/C14H14F3NO.C10H14F2.C8H9Br.C2H6/c1-9(19-2)12-7-11(10-5-3-4-6-10)8-18-13(12)14(15,16)17;1-4-8(6-11)9(12)10(3)5-7(10)2;1-6-3-4-8(9)5-7(6)2;1-2/h5,7-8H,1,3-4,6H2,2H3;6,9H,2,4-5H2,1,3H3;3-5H,1-2H3;1-2H3/b;8-6+;;. The van der Waals surface area contributed by atoms with E-state index in [1.165, 1.54) is 30.5 Å². The molecular formula is C34H43BrF5NO. The van der Waals surface area contributed by atoms with E-state index in [-0.39, 0.29) is 16.9 Å². The Morgan fingerprint density at radius 3 is 2.21 bits per heavy atom. The van der Waals surface area contributed by atoms with Crippen molar-refractivity contribution in [1.29, 1.82) is 0 Å². The van der Waals surface area contributed by atoms with Crippen LogP contribution in [0.25, 0.3) is 11.3 Å². The second-order valence-electron chi connectivity index (χ2n) is 10.2. The van der Waals surface area contributed by atoms with Gasteiger partial charge >= 0.3 is 6.18 Å². The van der Waals surface area contributed by atoms with Gasteiger partial charge < -0.3 is 4.74 Å². The van der Waals surface area contributed by atoms with Gasteiger partial charge in [-0.15, -0.1) is 0 Å². The molecule has 0 aliphatic heterocycles. The van der Waals surface area contributed by atoms with Crippen molar-refractivity contribution in [3.63, 3.8) is 0 Å². The first-order chi connectivity index (χ1) is 19.7. The molecule has 0 radical (unpaired) electrons. The van der Waals surface area contributed by atoms with Crippen LogP contribution in [0.4, 0.5) is 22.0 Å². The molecule has 2 atom stereocenters. The van der Waals surface area contributed by atoms with E-state index in [0.717, 1.165) is 34.9 Å². The summed E-state index contributed by atoms with van der Waals surface area (Å²) in [6, 6.07) is 7.75. The Hall–Kier alpha value is -2.74. The van der Waals surface area contributed by atoms with E-state index >= 15 is 0 Å². The van der Waals surface area contributed by atoms with Crippen molar-refractivity contribution in [2.24, 2.45) is 5.41 Å². The number of aromatic nitrogens is 1. The number of methoxy groups -OCH3 is 1. The van der Waals surface area contributed by atoms with Gasteiger partial charge in [0.05, 0.1) is 13.4 Å². The Balaban J connectivity index is 0.000000329. The zero-order valence-electron chi connectivity index (χ0n) is 25.7. The molecule has 2 aliphatic rings. The number of halogens is 6. The summed E-state index contributed by atoms with van der Waals surface area (Å²) in [5, 5.41) is 0. The topological polar surface area (TPSA) is 22.1 Å². The second kappa shape index (κ2) is 16.8. The molecule has 0 spiro atoms. The number of aryl methyl sites for hydroxylation is 2. The molecule has 1 aromatic heterocycles. The van der Waals surface area contributed by atoms with Crippen molar-refractivity contribution >= 4 is 27.3 Å². The third-order valence-corrected chi connectivity index (χ3v) is 7.77. The van der Waals surface area contributed by atoms with E-state index in [4.69, 9.17) is 4.74 Å². The number of hydrogen-bond acceptors (Lipinski definition) is 2. The van der Waals surface area contributed by atoms with Crippen LogP contribution in [-0.2, 0) is 10.9 Å². The summed E-state index contributed by atoms with van der Waals surface area (Å²) < 4.78 is 70.3. The lowest BCUT2D eigenvalue weighted by atomic mass is 9.94. The summed E-state index contributed by atoms with van der Waals surface area (Å²) in [6.45, 7) is 19.0. The SMILES string of the molecule is C=C(OC)c1cc(C2=CCCC2)cnc1C(F)(F)F.C=C1CC1(C)C(F)/C(=C/F)CC.CC.Cc1ccc(Br)cc1C. The molecule has 0 bridgehead atoms. The fourth-order valence-corrected chi connectivity index (χ4v) is 4.69. The first-order valence-corrected chi connectivity index (χ1v) is 14.8. The lowest BCUT2D eigenvalue weighted by Crippen LogP contribution is -2.16. The number of ether oxygens (including phenoxy) is 1. The Labute approximate surface area is 256 Å². The average Bonchev–Trinajstić information content (AvgIpc) is 3.31. The van der Waals surface area contributed by atoms with E-state index in [1.807, 2.05) is 19.9 Å². The lowest BCUT2D eigenvalue weighted by molar-refractivity contribution is -0.141. The molecule has 1 fully saturated rings. The van der Waals surface area contributed by atoms with Crippen LogP contribution in [0, 0.1) is 19.3 Å². The Morgan fingerprint density at radius 1 is 1.19 bits per heavy atom. The molecule has 232 valence electrons. The number of benzene rings is 1. The number of rotatable bonds is 6. The summed E-state index contributed by atoms with van der Waals surface area (Å²) in [4.78, 5) is 3.56. The van der Waals surface area contributed by atoms with Crippen LogP contribution in [0.3, 0.4) is 0 Å². The highest BCUT2D eigenvalue weighted by molar-refractivity contribution is 9.10. The molecule has 0 N–H and O–H groups in total. The third kappa shape index (κ3) is 10.2. The zero-order chi connectivity index (χ0) is 32.3. The first kappa shape index (κ1) is 37.3. The number of nitrogens with zero attached hydrogens (tertiary/aromatic N) is 1. The van der Waals surface area contributed by atoms with Crippen LogP contribution >= 0.6 is 15.9 Å². The summed E-state index contributed by atoms with van der Waals surface area (Å²) in [5.41, 5.74) is 4.03. The van der Waals surface area contributed by atoms with Crippen LogP contribution in [0.5, 0.6) is 0 Å². The molecular weight excluding hydrogens is 613 g/mol. The third-order valence-electron chi connectivity index (χ3n) is 7.28. The van der Waals surface area contributed by atoms with E-state index in [9.17, 15) is 22.0 Å². The molecule has 1 aromatic carbocycles. The predicted octanol–water partition coefficient (Wildman–Crippen LogP) is 11.9. The number of hydrogen-bond donors (Lipinski definition) is 0. The molecule has 2 aromatic rings. The maximum absolute atomic E-state index is 13.5. The molecule has 1 heterocycles. The van der Waals surface area contributed by atoms with Gasteiger partial charge in [-0.05, 0) is 92.0 Å². The summed E-state index contributed by atoms with van der Waals surface area (Å²) in [6.07, 6.45) is 1.96. The number of pyridine rings is 1. The van der Waals surface area contributed by atoms with Crippen LogP contribution in [0.15, 0.2) is 71.6 Å². The van der Waals surface area contributed by atoms with Gasteiger partial charge in [0.15, 0.2) is 5.69 Å². The van der Waals surface area contributed by atoms with E-state index < -0.39 is 23.5 Å². The first-order valence-electron chi connectivity index (χ1n) is 14.0. The predicted molar refractivity (Wildman–Crippen MR) is 168 cm³/mol. The minimum Gasteiger partial charge on any atom is -0.497 e. The Bertz CT molecular complexity index is 1280. The van der Waals surface area contributed by atoms with Crippen molar-refractivity contribution in [3.05, 3.63) is 99.6 Å². The van der Waals surface area contributed by atoms with Gasteiger partial charge in [-0.3, -0.25) is 4.98 Å². The molecule has 2 aliphatic carbocycles. The van der Waals surface area contributed by atoms with Crippen molar-refractivity contribution in [1.82, 2.24) is 4.98 Å². The van der Waals surface area contributed by atoms with Crippen molar-refractivity contribution in [2.75, 3.05) is 7.11 Å². The van der Waals surface area contributed by atoms with Gasteiger partial charge in [-0.2, -0.15) is 13.2 Å². The molecule has 42 heavy (non-hydrogen) atoms. The highest BCUT2D eigenvalue weighted by Crippen LogP contribution is 2.56. The van der Waals surface area contributed by atoms with Gasteiger partial charge in [-0.25, -0.2) is 8.78 Å². The zero-order valence-corrected chi connectivity index (χ0v) is 27.3. The molecule has 2 unspecified atom stereocenters. The van der Waals surface area contributed by atoms with Crippen molar-refractivity contribution in [3.8, 4) is 0 Å². The maximum Gasteiger partial charge on any atom is 0.434 e. The monoisotopic (exact) mass is 655 g/mol. The molecule has 1 saturated carbocycles. The summed E-state index contributed by atoms with van der Waals surface area (Å²) >= 11 is 3.40. The number of alkyl halides is 4. The van der Waals surface area contributed by atoms with Crippen LogP contribution in [-0.4, -0.2) is 18.3 Å². The Kier molecular flexibility index (Phi) is 14.9. The van der Waals surface area contributed by atoms with Gasteiger partial charge in [0.25, 0.3) is 0 Å².